The number of amides is 2. The minimum absolute atomic E-state index is 0.0880. The number of nitrogens with zero attached hydrogens (tertiary/aromatic N) is 1. The van der Waals surface area contributed by atoms with E-state index in [1.807, 2.05) is 0 Å². The number of hydrogen-bond acceptors (Lipinski definition) is 2. The van der Waals surface area contributed by atoms with Crippen LogP contribution in [-0.2, 0) is 10.2 Å². The normalized spacial score (nSPS) is 23.2. The van der Waals surface area contributed by atoms with Crippen molar-refractivity contribution < 1.29 is 22.8 Å². The molecule has 1 spiro atoms. The van der Waals surface area contributed by atoms with Gasteiger partial charge in [0.25, 0.3) is 5.91 Å². The Kier molecular flexibility index (Phi) is 4.47. The predicted octanol–water partition coefficient (Wildman–Crippen LogP) is 3.80. The molecule has 3 fully saturated rings. The van der Waals surface area contributed by atoms with Crippen LogP contribution in [0, 0.1) is 5.41 Å². The Morgan fingerprint density at radius 2 is 1.57 bits per heavy atom. The van der Waals surface area contributed by atoms with Crippen LogP contribution >= 0.6 is 0 Å². The molecule has 3 aliphatic rings. The Morgan fingerprint density at radius 1 is 1.00 bits per heavy atom. The van der Waals surface area contributed by atoms with Gasteiger partial charge in [0.2, 0.25) is 5.91 Å². The highest BCUT2D eigenvalue weighted by atomic mass is 19.4. The number of likely N-dealkylation sites (tertiary alicyclic amines) is 1. The SMILES string of the molecule is C[C@H](NC(=O)c1ccc(C2(C(F)(F)F)CC2)cc1)C(=O)N1CCC2(CC1)CC2. The van der Waals surface area contributed by atoms with Gasteiger partial charge in [-0.15, -0.1) is 0 Å². The number of rotatable bonds is 4. The van der Waals surface area contributed by atoms with Crippen LogP contribution in [0.5, 0.6) is 0 Å². The van der Waals surface area contributed by atoms with Crippen molar-refractivity contribution in [1.82, 2.24) is 10.2 Å². The average molecular weight is 394 g/mol. The summed E-state index contributed by atoms with van der Waals surface area (Å²) in [5.74, 6) is -0.547. The maximum Gasteiger partial charge on any atom is 0.398 e. The third kappa shape index (κ3) is 3.40. The summed E-state index contributed by atoms with van der Waals surface area (Å²) in [7, 11) is 0. The topological polar surface area (TPSA) is 49.4 Å². The number of carbonyl (C=O) groups excluding carboxylic acids is 2. The van der Waals surface area contributed by atoms with Gasteiger partial charge in [-0.3, -0.25) is 9.59 Å². The predicted molar refractivity (Wildman–Crippen MR) is 97.8 cm³/mol. The monoisotopic (exact) mass is 394 g/mol. The summed E-state index contributed by atoms with van der Waals surface area (Å²) in [5, 5.41) is 2.68. The molecule has 0 aromatic heterocycles. The summed E-state index contributed by atoms with van der Waals surface area (Å²) in [6, 6.07) is 4.91. The molecule has 1 aromatic carbocycles. The quantitative estimate of drug-likeness (QED) is 0.845. The number of benzene rings is 1. The fourth-order valence-corrected chi connectivity index (χ4v) is 4.30. The van der Waals surface area contributed by atoms with E-state index in [0.717, 1.165) is 25.9 Å². The Balaban J connectivity index is 1.35. The first-order chi connectivity index (χ1) is 13.2. The zero-order valence-electron chi connectivity index (χ0n) is 15.9. The van der Waals surface area contributed by atoms with E-state index in [2.05, 4.69) is 5.32 Å². The number of alkyl halides is 3. The van der Waals surface area contributed by atoms with Crippen molar-refractivity contribution in [3.8, 4) is 0 Å². The highest BCUT2D eigenvalue weighted by Gasteiger charge is 2.64. The Labute approximate surface area is 162 Å². The molecule has 0 bridgehead atoms. The molecular weight excluding hydrogens is 369 g/mol. The van der Waals surface area contributed by atoms with E-state index in [-0.39, 0.29) is 29.9 Å². The van der Waals surface area contributed by atoms with Crippen molar-refractivity contribution in [3.63, 3.8) is 0 Å². The van der Waals surface area contributed by atoms with Crippen molar-refractivity contribution in [2.75, 3.05) is 13.1 Å². The number of piperidine rings is 1. The van der Waals surface area contributed by atoms with Gasteiger partial charge in [0.15, 0.2) is 0 Å². The lowest BCUT2D eigenvalue weighted by molar-refractivity contribution is -0.160. The molecule has 1 saturated heterocycles. The second kappa shape index (κ2) is 6.49. The molecule has 2 saturated carbocycles. The maximum atomic E-state index is 13.2. The molecule has 1 aromatic rings. The molecule has 2 amide bonds. The van der Waals surface area contributed by atoms with Crippen LogP contribution in [0.2, 0.25) is 0 Å². The minimum Gasteiger partial charge on any atom is -0.341 e. The van der Waals surface area contributed by atoms with Crippen molar-refractivity contribution in [3.05, 3.63) is 35.4 Å². The molecule has 152 valence electrons. The van der Waals surface area contributed by atoms with Crippen molar-refractivity contribution in [2.45, 2.75) is 63.1 Å². The fourth-order valence-electron chi connectivity index (χ4n) is 4.30. The zero-order valence-corrected chi connectivity index (χ0v) is 15.9. The number of carbonyl (C=O) groups is 2. The lowest BCUT2D eigenvalue weighted by Gasteiger charge is -2.33. The van der Waals surface area contributed by atoms with Gasteiger partial charge in [0.1, 0.15) is 6.04 Å². The highest BCUT2D eigenvalue weighted by Crippen LogP contribution is 2.58. The van der Waals surface area contributed by atoms with Gasteiger partial charge in [-0.2, -0.15) is 13.2 Å². The standard InChI is InChI=1S/C21H25F3N2O2/c1-14(18(28)26-12-10-19(6-7-19)11-13-26)25-17(27)15-2-4-16(5-3-15)20(8-9-20)21(22,23)24/h2-5,14H,6-13H2,1H3,(H,25,27)/t14-/m0/s1. The Morgan fingerprint density at radius 3 is 2.04 bits per heavy atom. The summed E-state index contributed by atoms with van der Waals surface area (Å²) in [6.07, 6.45) is 0.476. The third-order valence-corrected chi connectivity index (χ3v) is 6.80. The van der Waals surface area contributed by atoms with Crippen LogP contribution in [0.3, 0.4) is 0 Å². The lowest BCUT2D eigenvalue weighted by atomic mass is 9.93. The largest absolute Gasteiger partial charge is 0.398 e. The summed E-state index contributed by atoms with van der Waals surface area (Å²) >= 11 is 0. The molecule has 7 heteroatoms. The van der Waals surface area contributed by atoms with Crippen LogP contribution in [0.4, 0.5) is 13.2 Å². The van der Waals surface area contributed by atoms with Gasteiger partial charge in [-0.1, -0.05) is 12.1 Å². The molecule has 1 aliphatic heterocycles. The maximum absolute atomic E-state index is 13.2. The lowest BCUT2D eigenvalue weighted by Crippen LogP contribution is -2.49. The second-order valence-electron chi connectivity index (χ2n) is 8.68. The molecule has 28 heavy (non-hydrogen) atoms. The van der Waals surface area contributed by atoms with Gasteiger partial charge in [0.05, 0.1) is 5.41 Å². The third-order valence-electron chi connectivity index (χ3n) is 6.80. The van der Waals surface area contributed by atoms with E-state index in [4.69, 9.17) is 0 Å². The average Bonchev–Trinajstić information content (AvgIpc) is 3.57. The van der Waals surface area contributed by atoms with Gasteiger partial charge in [0, 0.05) is 18.7 Å². The van der Waals surface area contributed by atoms with Crippen molar-refractivity contribution in [1.29, 1.82) is 0 Å². The molecule has 4 nitrogen and oxygen atoms in total. The highest BCUT2D eigenvalue weighted by molar-refractivity contribution is 5.97. The number of nitrogens with one attached hydrogen (secondary N) is 1. The molecule has 0 unspecified atom stereocenters. The van der Waals surface area contributed by atoms with E-state index < -0.39 is 23.5 Å². The molecule has 1 atom stereocenters. The first-order valence-electron chi connectivity index (χ1n) is 9.93. The summed E-state index contributed by atoms with van der Waals surface area (Å²) in [6.45, 7) is 3.11. The van der Waals surface area contributed by atoms with Crippen LogP contribution in [-0.4, -0.2) is 42.0 Å². The second-order valence-corrected chi connectivity index (χ2v) is 8.68. The van der Waals surface area contributed by atoms with Crippen LogP contribution in [0.1, 0.15) is 61.4 Å². The first-order valence-corrected chi connectivity index (χ1v) is 9.93. The van der Waals surface area contributed by atoms with Crippen LogP contribution in [0.25, 0.3) is 0 Å². The van der Waals surface area contributed by atoms with Gasteiger partial charge >= 0.3 is 6.18 Å². The van der Waals surface area contributed by atoms with Gasteiger partial charge in [-0.05, 0) is 68.6 Å². The molecule has 1 heterocycles. The number of halogens is 3. The van der Waals surface area contributed by atoms with E-state index in [0.29, 0.717) is 5.41 Å². The zero-order chi connectivity index (χ0) is 20.2. The van der Waals surface area contributed by atoms with Crippen LogP contribution < -0.4 is 5.32 Å². The van der Waals surface area contributed by atoms with Crippen LogP contribution in [0.15, 0.2) is 24.3 Å². The first kappa shape index (κ1) is 19.3. The summed E-state index contributed by atoms with van der Waals surface area (Å²) < 4.78 is 39.6. The van der Waals surface area contributed by atoms with E-state index in [1.165, 1.54) is 37.1 Å². The molecule has 0 radical (unpaired) electrons. The molecular formula is C21H25F3N2O2. The fraction of sp³-hybridized carbons (Fsp3) is 0.619. The number of hydrogen-bond donors (Lipinski definition) is 1. The van der Waals surface area contributed by atoms with Gasteiger partial charge < -0.3 is 10.2 Å². The molecule has 1 N–H and O–H groups in total. The van der Waals surface area contributed by atoms with Gasteiger partial charge in [-0.25, -0.2) is 0 Å². The Bertz CT molecular complexity index is 770. The summed E-state index contributed by atoms with van der Waals surface area (Å²) in [4.78, 5) is 26.8. The Hall–Kier alpha value is -2.05. The molecule has 2 aliphatic carbocycles. The van der Waals surface area contributed by atoms with Crippen molar-refractivity contribution in [2.24, 2.45) is 5.41 Å². The van der Waals surface area contributed by atoms with E-state index >= 15 is 0 Å². The smallest absolute Gasteiger partial charge is 0.341 e. The summed E-state index contributed by atoms with van der Waals surface area (Å²) in [5.41, 5.74) is -0.821. The van der Waals surface area contributed by atoms with E-state index in [1.54, 1.807) is 11.8 Å². The van der Waals surface area contributed by atoms with E-state index in [9.17, 15) is 22.8 Å². The minimum atomic E-state index is -4.27. The van der Waals surface area contributed by atoms with Crippen molar-refractivity contribution >= 4 is 11.8 Å². The molecule has 4 rings (SSSR count).